The highest BCUT2D eigenvalue weighted by Gasteiger charge is 2.12. The van der Waals surface area contributed by atoms with Crippen LogP contribution in [0, 0.1) is 5.92 Å². The van der Waals surface area contributed by atoms with Crippen molar-refractivity contribution in [2.24, 2.45) is 5.92 Å². The van der Waals surface area contributed by atoms with Crippen LogP contribution >= 0.6 is 11.3 Å². The summed E-state index contributed by atoms with van der Waals surface area (Å²) >= 11 is 1.13. The van der Waals surface area contributed by atoms with Crippen LogP contribution in [-0.2, 0) is 6.42 Å². The van der Waals surface area contributed by atoms with E-state index in [0.717, 1.165) is 28.9 Å². The third-order valence-corrected chi connectivity index (χ3v) is 6.06. The van der Waals surface area contributed by atoms with Crippen LogP contribution in [0.1, 0.15) is 37.1 Å². The second-order valence-corrected chi connectivity index (χ2v) is 9.09. The Balaban J connectivity index is 1.67. The largest absolute Gasteiger partial charge is 0.493 e. The lowest BCUT2D eigenvalue weighted by molar-refractivity contribution is 0.273. The average Bonchev–Trinajstić information content (AvgIpc) is 3.09. The lowest BCUT2D eigenvalue weighted by Gasteiger charge is -2.12. The smallest absolute Gasteiger partial charge is 0.296 e. The van der Waals surface area contributed by atoms with E-state index in [1.54, 1.807) is 13.2 Å². The molecule has 2 heterocycles. The van der Waals surface area contributed by atoms with Gasteiger partial charge in [-0.15, -0.1) is 0 Å². The lowest BCUT2D eigenvalue weighted by Crippen LogP contribution is -2.28. The van der Waals surface area contributed by atoms with Crippen LogP contribution in [0.2, 0.25) is 0 Å². The Morgan fingerprint density at radius 1 is 1.09 bits per heavy atom. The van der Waals surface area contributed by atoms with Crippen molar-refractivity contribution >= 4 is 22.4 Å². The summed E-state index contributed by atoms with van der Waals surface area (Å²) in [4.78, 5) is 29.8. The molecule has 7 nitrogen and oxygen atoms in total. The summed E-state index contributed by atoms with van der Waals surface area (Å²) in [6.45, 7) is 4.90. The van der Waals surface area contributed by atoms with E-state index in [-0.39, 0.29) is 16.2 Å². The van der Waals surface area contributed by atoms with Crippen LogP contribution in [0.25, 0.3) is 11.0 Å². The molecule has 0 spiro atoms. The van der Waals surface area contributed by atoms with Crippen molar-refractivity contribution in [1.29, 1.82) is 0 Å². The minimum absolute atomic E-state index is 0.240. The first-order valence-electron chi connectivity index (χ1n) is 10.7. The van der Waals surface area contributed by atoms with E-state index in [0.29, 0.717) is 35.0 Å². The summed E-state index contributed by atoms with van der Waals surface area (Å²) in [5.41, 5.74) is 1.22. The Kier molecular flexibility index (Phi) is 6.84. The third-order valence-electron chi connectivity index (χ3n) is 5.10. The van der Waals surface area contributed by atoms with E-state index in [1.165, 1.54) is 4.52 Å². The number of hydrogen-bond acceptors (Lipinski definition) is 7. The predicted molar refractivity (Wildman–Crippen MR) is 129 cm³/mol. The molecule has 0 amide bonds. The van der Waals surface area contributed by atoms with Crippen molar-refractivity contribution in [1.82, 2.24) is 14.6 Å². The summed E-state index contributed by atoms with van der Waals surface area (Å²) in [6, 6.07) is 15.0. The fourth-order valence-electron chi connectivity index (χ4n) is 3.29. The number of hydrogen-bond donors (Lipinski definition) is 0. The molecule has 170 valence electrons. The molecule has 0 aliphatic rings. The molecule has 0 atom stereocenters. The van der Waals surface area contributed by atoms with Crippen molar-refractivity contribution in [2.75, 3.05) is 13.7 Å². The van der Waals surface area contributed by atoms with Gasteiger partial charge in [0.15, 0.2) is 11.5 Å². The molecular weight excluding hydrogens is 438 g/mol. The van der Waals surface area contributed by atoms with E-state index < -0.39 is 5.56 Å². The van der Waals surface area contributed by atoms with Crippen molar-refractivity contribution in [3.8, 4) is 11.5 Å². The summed E-state index contributed by atoms with van der Waals surface area (Å²) < 4.78 is 12.9. The number of rotatable bonds is 8. The van der Waals surface area contributed by atoms with E-state index >= 15 is 0 Å². The molecule has 0 N–H and O–H groups in total. The van der Waals surface area contributed by atoms with Gasteiger partial charge in [0.2, 0.25) is 4.96 Å². The maximum Gasteiger partial charge on any atom is 0.296 e. The van der Waals surface area contributed by atoms with Gasteiger partial charge >= 0.3 is 0 Å². The zero-order valence-electron chi connectivity index (χ0n) is 18.8. The SMILES string of the molecule is COc1cc(/C=c2/sc3nc(=O)c(Cc4ccccc4)nn3c2=O)ccc1OCCC(C)C. The van der Waals surface area contributed by atoms with E-state index in [9.17, 15) is 9.59 Å². The second kappa shape index (κ2) is 9.95. The molecule has 8 heteroatoms. The first-order chi connectivity index (χ1) is 15.9. The number of fused-ring (bicyclic) bond motifs is 1. The molecule has 2 aromatic heterocycles. The first-order valence-corrected chi connectivity index (χ1v) is 11.6. The summed E-state index contributed by atoms with van der Waals surface area (Å²) in [5.74, 6) is 1.81. The van der Waals surface area contributed by atoms with Crippen molar-refractivity contribution in [3.05, 3.63) is 90.6 Å². The van der Waals surface area contributed by atoms with Crippen molar-refractivity contribution < 1.29 is 9.47 Å². The quantitative estimate of drug-likeness (QED) is 0.399. The van der Waals surface area contributed by atoms with Crippen LogP contribution in [0.3, 0.4) is 0 Å². The van der Waals surface area contributed by atoms with Crippen molar-refractivity contribution in [3.63, 3.8) is 0 Å². The van der Waals surface area contributed by atoms with Crippen LogP contribution < -0.4 is 25.1 Å². The second-order valence-electron chi connectivity index (χ2n) is 8.08. The lowest BCUT2D eigenvalue weighted by atomic mass is 10.1. The average molecular weight is 464 g/mol. The Labute approximate surface area is 195 Å². The van der Waals surface area contributed by atoms with Gasteiger partial charge in [-0.25, -0.2) is 0 Å². The fraction of sp³-hybridized carbons (Fsp3) is 0.280. The normalized spacial score (nSPS) is 11.9. The predicted octanol–water partition coefficient (Wildman–Crippen LogP) is 3.08. The van der Waals surface area contributed by atoms with E-state index in [1.807, 2.05) is 48.5 Å². The molecular formula is C25H25N3O4S. The van der Waals surface area contributed by atoms with Gasteiger partial charge in [-0.2, -0.15) is 14.6 Å². The van der Waals surface area contributed by atoms with Crippen LogP contribution in [0.15, 0.2) is 58.1 Å². The molecule has 0 unspecified atom stereocenters. The molecule has 4 rings (SSSR count). The highest BCUT2D eigenvalue weighted by Crippen LogP contribution is 2.28. The molecule has 0 aliphatic carbocycles. The summed E-state index contributed by atoms with van der Waals surface area (Å²) in [7, 11) is 1.58. The minimum Gasteiger partial charge on any atom is -0.493 e. The van der Waals surface area contributed by atoms with Crippen LogP contribution in [0.4, 0.5) is 0 Å². The number of benzene rings is 2. The van der Waals surface area contributed by atoms with Gasteiger partial charge < -0.3 is 9.47 Å². The van der Waals surface area contributed by atoms with Gasteiger partial charge in [-0.1, -0.05) is 61.6 Å². The Hall–Kier alpha value is -3.52. The third kappa shape index (κ3) is 5.28. The number of aromatic nitrogens is 3. The molecule has 0 saturated heterocycles. The number of thiazole rings is 1. The van der Waals surface area contributed by atoms with Crippen LogP contribution in [-0.4, -0.2) is 28.3 Å². The minimum atomic E-state index is -0.420. The van der Waals surface area contributed by atoms with Gasteiger partial charge in [-0.3, -0.25) is 9.59 Å². The van der Waals surface area contributed by atoms with Gasteiger partial charge in [0.1, 0.15) is 5.69 Å². The molecule has 2 aromatic carbocycles. The molecule has 33 heavy (non-hydrogen) atoms. The zero-order valence-corrected chi connectivity index (χ0v) is 19.6. The van der Waals surface area contributed by atoms with Gasteiger partial charge in [0.05, 0.1) is 18.2 Å². The Bertz CT molecular complexity index is 1430. The Morgan fingerprint density at radius 2 is 1.88 bits per heavy atom. The number of nitrogens with zero attached hydrogens (tertiary/aromatic N) is 3. The Morgan fingerprint density at radius 3 is 2.61 bits per heavy atom. The van der Waals surface area contributed by atoms with Gasteiger partial charge in [-0.05, 0) is 41.7 Å². The number of methoxy groups -OCH3 is 1. The highest BCUT2D eigenvalue weighted by molar-refractivity contribution is 7.15. The maximum atomic E-state index is 13.0. The van der Waals surface area contributed by atoms with Gasteiger partial charge in [0.25, 0.3) is 11.1 Å². The topological polar surface area (TPSA) is 82.8 Å². The molecule has 0 bridgehead atoms. The highest BCUT2D eigenvalue weighted by atomic mass is 32.1. The first kappa shape index (κ1) is 22.7. The molecule has 0 aliphatic heterocycles. The summed E-state index contributed by atoms with van der Waals surface area (Å²) in [6.07, 6.45) is 3.01. The standard InChI is InChI=1S/C25H25N3O4S/c1-16(2)11-12-32-20-10-9-18(14-21(20)31-3)15-22-24(30)28-25(33-22)26-23(29)19(27-28)13-17-7-5-4-6-8-17/h4-10,14-16H,11-13H2,1-3H3/b22-15+. The molecule has 0 saturated carbocycles. The molecule has 4 aromatic rings. The van der Waals surface area contributed by atoms with Crippen molar-refractivity contribution in [2.45, 2.75) is 26.7 Å². The molecule has 0 fully saturated rings. The van der Waals surface area contributed by atoms with E-state index in [2.05, 4.69) is 23.9 Å². The maximum absolute atomic E-state index is 13.0. The van der Waals surface area contributed by atoms with Crippen LogP contribution in [0.5, 0.6) is 11.5 Å². The molecule has 0 radical (unpaired) electrons. The summed E-state index contributed by atoms with van der Waals surface area (Å²) in [5, 5.41) is 4.30. The van der Waals surface area contributed by atoms with Gasteiger partial charge in [0, 0.05) is 6.42 Å². The van der Waals surface area contributed by atoms with E-state index in [4.69, 9.17) is 9.47 Å². The fourth-order valence-corrected chi connectivity index (χ4v) is 4.19. The zero-order chi connectivity index (χ0) is 23.4. The number of ether oxygens (including phenoxy) is 2. The monoisotopic (exact) mass is 463 g/mol.